The minimum atomic E-state index is -0.541. The first kappa shape index (κ1) is 12.0. The minimum Gasteiger partial charge on any atom is -0.388 e. The van der Waals surface area contributed by atoms with Gasteiger partial charge in [-0.15, -0.1) is 0 Å². The zero-order valence-corrected chi connectivity index (χ0v) is 10.0. The molecule has 1 heterocycles. The van der Waals surface area contributed by atoms with Gasteiger partial charge in [0.2, 0.25) is 0 Å². The quantitative estimate of drug-likeness (QED) is 0.730. The van der Waals surface area contributed by atoms with E-state index in [0.29, 0.717) is 11.8 Å². The summed E-state index contributed by atoms with van der Waals surface area (Å²) in [5, 5.41) is 14.2. The first-order valence-electron chi connectivity index (χ1n) is 5.95. The molecule has 1 rings (SSSR count). The molecule has 1 fully saturated rings. The highest BCUT2D eigenvalue weighted by atomic mass is 16.3. The van der Waals surface area contributed by atoms with Crippen molar-refractivity contribution < 1.29 is 5.11 Å². The number of rotatable bonds is 3. The normalized spacial score (nSPS) is 24.6. The molecule has 0 spiro atoms. The molecule has 0 aromatic rings. The molecule has 1 aliphatic heterocycles. The summed E-state index contributed by atoms with van der Waals surface area (Å²) < 4.78 is 0. The lowest BCUT2D eigenvalue weighted by molar-refractivity contribution is -0.0833. The van der Waals surface area contributed by atoms with Gasteiger partial charge >= 0.3 is 0 Å². The second-order valence-corrected chi connectivity index (χ2v) is 5.20. The van der Waals surface area contributed by atoms with E-state index in [1.807, 2.05) is 0 Å². The van der Waals surface area contributed by atoms with Gasteiger partial charge in [0.25, 0.3) is 0 Å². The highest BCUT2D eigenvalue weighted by Crippen LogP contribution is 2.33. The van der Waals surface area contributed by atoms with Crippen LogP contribution in [0.2, 0.25) is 0 Å². The van der Waals surface area contributed by atoms with Gasteiger partial charge in [0.15, 0.2) is 0 Å². The Balaban J connectivity index is 2.75. The number of hydrogen-bond donors (Lipinski definition) is 2. The number of hydrogen-bond acceptors (Lipinski definition) is 2. The predicted octanol–water partition coefficient (Wildman–Crippen LogP) is 2.17. The first-order chi connectivity index (χ1) is 6.49. The van der Waals surface area contributed by atoms with Gasteiger partial charge < -0.3 is 10.4 Å². The third-order valence-corrected chi connectivity index (χ3v) is 3.72. The molecule has 0 aromatic heterocycles. The van der Waals surface area contributed by atoms with Crippen molar-refractivity contribution in [3.8, 4) is 0 Å². The summed E-state index contributed by atoms with van der Waals surface area (Å²) in [7, 11) is 0. The SMILES string of the molecule is CC(C)C(O)(C(C)C)C1CCCCN1. The van der Waals surface area contributed by atoms with Crippen molar-refractivity contribution in [3.63, 3.8) is 0 Å². The topological polar surface area (TPSA) is 32.3 Å². The first-order valence-corrected chi connectivity index (χ1v) is 5.95. The Hall–Kier alpha value is -0.0800. The van der Waals surface area contributed by atoms with E-state index in [1.165, 1.54) is 12.8 Å². The van der Waals surface area contributed by atoms with Gasteiger partial charge in [-0.1, -0.05) is 34.1 Å². The lowest BCUT2D eigenvalue weighted by atomic mass is 9.72. The van der Waals surface area contributed by atoms with Gasteiger partial charge in [-0.2, -0.15) is 0 Å². The van der Waals surface area contributed by atoms with Crippen LogP contribution in [0.3, 0.4) is 0 Å². The second-order valence-electron chi connectivity index (χ2n) is 5.20. The summed E-state index contributed by atoms with van der Waals surface area (Å²) >= 11 is 0. The van der Waals surface area contributed by atoms with Crippen LogP contribution < -0.4 is 5.32 Å². The van der Waals surface area contributed by atoms with Crippen LogP contribution in [0.5, 0.6) is 0 Å². The van der Waals surface area contributed by atoms with Crippen molar-refractivity contribution in [2.45, 2.75) is 58.6 Å². The summed E-state index contributed by atoms with van der Waals surface area (Å²) in [5.74, 6) is 0.635. The molecular weight excluding hydrogens is 174 g/mol. The fourth-order valence-electron chi connectivity index (χ4n) is 2.72. The minimum absolute atomic E-state index is 0.288. The number of aliphatic hydroxyl groups is 1. The summed E-state index contributed by atoms with van der Waals surface area (Å²) in [6.45, 7) is 9.55. The van der Waals surface area contributed by atoms with E-state index in [4.69, 9.17) is 0 Å². The van der Waals surface area contributed by atoms with E-state index in [-0.39, 0.29) is 6.04 Å². The average Bonchev–Trinajstić information content (AvgIpc) is 2.17. The molecule has 84 valence electrons. The maximum Gasteiger partial charge on any atom is 0.0845 e. The fourth-order valence-corrected chi connectivity index (χ4v) is 2.72. The van der Waals surface area contributed by atoms with Crippen molar-refractivity contribution in [2.24, 2.45) is 11.8 Å². The fraction of sp³-hybridized carbons (Fsp3) is 1.00. The summed E-state index contributed by atoms with van der Waals surface area (Å²) in [4.78, 5) is 0. The van der Waals surface area contributed by atoms with E-state index >= 15 is 0 Å². The molecule has 1 atom stereocenters. The van der Waals surface area contributed by atoms with E-state index in [1.54, 1.807) is 0 Å². The number of piperidine rings is 1. The Labute approximate surface area is 88.1 Å². The maximum absolute atomic E-state index is 10.7. The van der Waals surface area contributed by atoms with Gasteiger partial charge in [0.1, 0.15) is 0 Å². The third-order valence-electron chi connectivity index (χ3n) is 3.72. The molecule has 0 aliphatic carbocycles. The molecule has 14 heavy (non-hydrogen) atoms. The highest BCUT2D eigenvalue weighted by molar-refractivity contribution is 4.97. The van der Waals surface area contributed by atoms with Crippen LogP contribution >= 0.6 is 0 Å². The zero-order valence-electron chi connectivity index (χ0n) is 10.0. The summed E-state index contributed by atoms with van der Waals surface area (Å²) in [6, 6.07) is 0.288. The molecule has 2 nitrogen and oxygen atoms in total. The van der Waals surface area contributed by atoms with E-state index < -0.39 is 5.60 Å². The van der Waals surface area contributed by atoms with Crippen molar-refractivity contribution in [1.82, 2.24) is 5.32 Å². The predicted molar refractivity (Wildman–Crippen MR) is 60.3 cm³/mol. The monoisotopic (exact) mass is 199 g/mol. The summed E-state index contributed by atoms with van der Waals surface area (Å²) in [6.07, 6.45) is 3.62. The van der Waals surface area contributed by atoms with Gasteiger partial charge in [-0.3, -0.25) is 0 Å². The standard InChI is InChI=1S/C12H25NO/c1-9(2)12(14,10(3)4)11-7-5-6-8-13-11/h9-11,13-14H,5-8H2,1-4H3. The van der Waals surface area contributed by atoms with Crippen LogP contribution in [0.1, 0.15) is 47.0 Å². The van der Waals surface area contributed by atoms with Gasteiger partial charge in [0.05, 0.1) is 5.60 Å². The Bertz CT molecular complexity index is 163. The van der Waals surface area contributed by atoms with E-state index in [2.05, 4.69) is 33.0 Å². The van der Waals surface area contributed by atoms with Crippen molar-refractivity contribution in [1.29, 1.82) is 0 Å². The zero-order chi connectivity index (χ0) is 10.8. The van der Waals surface area contributed by atoms with Crippen molar-refractivity contribution >= 4 is 0 Å². The molecule has 0 radical (unpaired) electrons. The van der Waals surface area contributed by atoms with E-state index in [0.717, 1.165) is 13.0 Å². The number of nitrogens with one attached hydrogen (secondary N) is 1. The third kappa shape index (κ3) is 2.12. The Kier molecular flexibility index (Phi) is 3.96. The molecular formula is C12H25NO. The van der Waals surface area contributed by atoms with Crippen LogP contribution in [0.4, 0.5) is 0 Å². The van der Waals surface area contributed by atoms with Crippen LogP contribution in [0, 0.1) is 11.8 Å². The highest BCUT2D eigenvalue weighted by Gasteiger charge is 2.42. The lowest BCUT2D eigenvalue weighted by Gasteiger charge is -2.45. The molecule has 2 heteroatoms. The smallest absolute Gasteiger partial charge is 0.0845 e. The molecule has 0 amide bonds. The van der Waals surface area contributed by atoms with Crippen LogP contribution in [0.15, 0.2) is 0 Å². The van der Waals surface area contributed by atoms with Crippen molar-refractivity contribution in [3.05, 3.63) is 0 Å². The largest absolute Gasteiger partial charge is 0.388 e. The molecule has 0 saturated carbocycles. The second kappa shape index (κ2) is 4.63. The van der Waals surface area contributed by atoms with Crippen LogP contribution in [-0.2, 0) is 0 Å². The molecule has 0 bridgehead atoms. The molecule has 2 N–H and O–H groups in total. The maximum atomic E-state index is 10.7. The molecule has 0 aromatic carbocycles. The average molecular weight is 199 g/mol. The van der Waals surface area contributed by atoms with Crippen LogP contribution in [-0.4, -0.2) is 23.3 Å². The Morgan fingerprint density at radius 2 is 1.71 bits per heavy atom. The van der Waals surface area contributed by atoms with Crippen molar-refractivity contribution in [2.75, 3.05) is 6.54 Å². The van der Waals surface area contributed by atoms with Gasteiger partial charge in [-0.25, -0.2) is 0 Å². The Morgan fingerprint density at radius 1 is 1.14 bits per heavy atom. The summed E-state index contributed by atoms with van der Waals surface area (Å²) in [5.41, 5.74) is -0.541. The van der Waals surface area contributed by atoms with Gasteiger partial charge in [-0.05, 0) is 31.2 Å². The van der Waals surface area contributed by atoms with E-state index in [9.17, 15) is 5.11 Å². The molecule has 1 aliphatic rings. The van der Waals surface area contributed by atoms with Gasteiger partial charge in [0, 0.05) is 6.04 Å². The molecule has 1 unspecified atom stereocenters. The lowest BCUT2D eigenvalue weighted by Crippen LogP contribution is -2.58. The molecule has 1 saturated heterocycles. The Morgan fingerprint density at radius 3 is 2.07 bits per heavy atom. The van der Waals surface area contributed by atoms with Crippen LogP contribution in [0.25, 0.3) is 0 Å².